The van der Waals surface area contributed by atoms with E-state index in [2.05, 4.69) is 17.1 Å². The van der Waals surface area contributed by atoms with Gasteiger partial charge in [-0.25, -0.2) is 4.98 Å². The van der Waals surface area contributed by atoms with Gasteiger partial charge in [-0.2, -0.15) is 0 Å². The van der Waals surface area contributed by atoms with Crippen molar-refractivity contribution in [2.75, 3.05) is 5.73 Å². The third-order valence-corrected chi connectivity index (χ3v) is 3.00. The maximum absolute atomic E-state index is 5.66. The fourth-order valence-corrected chi connectivity index (χ4v) is 1.96. The van der Waals surface area contributed by atoms with Gasteiger partial charge < -0.3 is 5.73 Å². The van der Waals surface area contributed by atoms with Gasteiger partial charge >= 0.3 is 0 Å². The molecule has 0 aliphatic heterocycles. The van der Waals surface area contributed by atoms with Crippen LogP contribution in [-0.2, 0) is 0 Å². The molecule has 0 aliphatic carbocycles. The molecule has 0 unspecified atom stereocenters. The van der Waals surface area contributed by atoms with Crippen molar-refractivity contribution >= 4 is 28.7 Å². The van der Waals surface area contributed by atoms with E-state index in [1.807, 2.05) is 60.7 Å². The summed E-state index contributed by atoms with van der Waals surface area (Å²) >= 11 is 0. The molecule has 2 aromatic carbocycles. The molecule has 2 heteroatoms. The number of benzene rings is 2. The number of fused-ring (bicyclic) bond motifs is 1. The Hall–Kier alpha value is -2.61. The zero-order valence-corrected chi connectivity index (χ0v) is 10.5. The van der Waals surface area contributed by atoms with Crippen LogP contribution in [0.5, 0.6) is 0 Å². The van der Waals surface area contributed by atoms with Crippen LogP contribution in [0.2, 0.25) is 0 Å². The minimum absolute atomic E-state index is 0.779. The van der Waals surface area contributed by atoms with Crippen molar-refractivity contribution in [3.63, 3.8) is 0 Å². The minimum atomic E-state index is 0.779. The van der Waals surface area contributed by atoms with E-state index in [1.54, 1.807) is 0 Å². The van der Waals surface area contributed by atoms with Crippen LogP contribution in [0.3, 0.4) is 0 Å². The highest BCUT2D eigenvalue weighted by Gasteiger charge is 1.94. The highest BCUT2D eigenvalue weighted by Crippen LogP contribution is 2.14. The number of aromatic nitrogens is 1. The Morgan fingerprint density at radius 2 is 1.58 bits per heavy atom. The Labute approximate surface area is 112 Å². The molecule has 0 bridgehead atoms. The van der Waals surface area contributed by atoms with Gasteiger partial charge in [-0.15, -0.1) is 0 Å². The molecule has 2 N–H and O–H groups in total. The molecule has 19 heavy (non-hydrogen) atoms. The fourth-order valence-electron chi connectivity index (χ4n) is 1.96. The lowest BCUT2D eigenvalue weighted by atomic mass is 10.1. The van der Waals surface area contributed by atoms with Crippen molar-refractivity contribution in [3.8, 4) is 0 Å². The van der Waals surface area contributed by atoms with Crippen LogP contribution >= 0.6 is 0 Å². The number of hydrogen-bond acceptors (Lipinski definition) is 2. The molecule has 2 nitrogen and oxygen atoms in total. The molecule has 3 aromatic rings. The molecular weight excluding hydrogens is 232 g/mol. The summed E-state index contributed by atoms with van der Waals surface area (Å²) < 4.78 is 0. The average Bonchev–Trinajstić information content (AvgIpc) is 2.46. The van der Waals surface area contributed by atoms with Crippen LogP contribution in [0, 0.1) is 0 Å². The first-order chi connectivity index (χ1) is 9.31. The second-order valence-electron chi connectivity index (χ2n) is 4.43. The lowest BCUT2D eigenvalue weighted by molar-refractivity contribution is 1.37. The zero-order valence-electron chi connectivity index (χ0n) is 10.5. The monoisotopic (exact) mass is 246 g/mol. The van der Waals surface area contributed by atoms with Gasteiger partial charge in [0, 0.05) is 11.1 Å². The number of para-hydroxylation sites is 1. The van der Waals surface area contributed by atoms with E-state index in [0.717, 1.165) is 27.8 Å². The maximum atomic E-state index is 5.66. The van der Waals surface area contributed by atoms with Crippen molar-refractivity contribution in [2.45, 2.75) is 0 Å². The minimum Gasteiger partial charge on any atom is -0.399 e. The molecule has 0 atom stereocenters. The predicted octanol–water partition coefficient (Wildman–Crippen LogP) is 3.99. The van der Waals surface area contributed by atoms with Crippen LogP contribution in [-0.4, -0.2) is 4.98 Å². The first-order valence-electron chi connectivity index (χ1n) is 6.21. The van der Waals surface area contributed by atoms with Gasteiger partial charge in [0.2, 0.25) is 0 Å². The number of nitrogens with zero attached hydrogens (tertiary/aromatic N) is 1. The summed E-state index contributed by atoms with van der Waals surface area (Å²) in [6.45, 7) is 0. The first-order valence-corrected chi connectivity index (χ1v) is 6.21. The van der Waals surface area contributed by atoms with Gasteiger partial charge in [0.15, 0.2) is 0 Å². The number of hydrogen-bond donors (Lipinski definition) is 1. The van der Waals surface area contributed by atoms with E-state index in [1.165, 1.54) is 0 Å². The number of anilines is 1. The lowest BCUT2D eigenvalue weighted by Crippen LogP contribution is -1.84. The van der Waals surface area contributed by atoms with E-state index < -0.39 is 0 Å². The summed E-state index contributed by atoms with van der Waals surface area (Å²) in [4.78, 5) is 4.60. The normalized spacial score (nSPS) is 11.2. The molecule has 3 rings (SSSR count). The molecule has 1 heterocycles. The molecule has 0 aliphatic rings. The van der Waals surface area contributed by atoms with Gasteiger partial charge in [0.25, 0.3) is 0 Å². The van der Waals surface area contributed by atoms with Gasteiger partial charge in [-0.3, -0.25) is 0 Å². The second-order valence-corrected chi connectivity index (χ2v) is 4.43. The summed E-state index contributed by atoms with van der Waals surface area (Å²) in [7, 11) is 0. The molecule has 92 valence electrons. The molecule has 0 saturated carbocycles. The Balaban J connectivity index is 1.90. The number of nitrogens with two attached hydrogens (primary N) is 1. The van der Waals surface area contributed by atoms with E-state index >= 15 is 0 Å². The lowest BCUT2D eigenvalue weighted by Gasteiger charge is -1.99. The van der Waals surface area contributed by atoms with Gasteiger partial charge in [-0.05, 0) is 35.9 Å². The fraction of sp³-hybridized carbons (Fsp3) is 0. The molecule has 1 aromatic heterocycles. The maximum Gasteiger partial charge on any atom is 0.0709 e. The average molecular weight is 246 g/mol. The van der Waals surface area contributed by atoms with Gasteiger partial charge in [0.1, 0.15) is 0 Å². The van der Waals surface area contributed by atoms with E-state index in [-0.39, 0.29) is 0 Å². The summed E-state index contributed by atoms with van der Waals surface area (Å²) in [5.41, 5.74) is 9.52. The summed E-state index contributed by atoms with van der Waals surface area (Å²) in [6, 6.07) is 20.0. The molecule has 0 fully saturated rings. The molecule has 0 spiro atoms. The predicted molar refractivity (Wildman–Crippen MR) is 81.5 cm³/mol. The van der Waals surface area contributed by atoms with Crippen LogP contribution in [0.25, 0.3) is 23.1 Å². The van der Waals surface area contributed by atoms with E-state index in [0.29, 0.717) is 0 Å². The second kappa shape index (κ2) is 4.94. The standard InChI is InChI=1S/C17H14N2/c18-15-9-5-13(6-10-15)7-11-16-12-8-14-3-1-2-4-17(14)19-16/h1-12H,18H2/b11-7+. The Morgan fingerprint density at radius 3 is 2.42 bits per heavy atom. The van der Waals surface area contributed by atoms with Crippen LogP contribution in [0.1, 0.15) is 11.3 Å². The Morgan fingerprint density at radius 1 is 0.789 bits per heavy atom. The molecule has 0 amide bonds. The SMILES string of the molecule is Nc1ccc(/C=C/c2ccc3ccccc3n2)cc1. The smallest absolute Gasteiger partial charge is 0.0709 e. The Kier molecular flexibility index (Phi) is 2.99. The first kappa shape index (κ1) is 11.5. The summed E-state index contributed by atoms with van der Waals surface area (Å²) in [6.07, 6.45) is 4.05. The number of nitrogen functional groups attached to an aromatic ring is 1. The third-order valence-electron chi connectivity index (χ3n) is 3.00. The summed E-state index contributed by atoms with van der Waals surface area (Å²) in [5.74, 6) is 0. The third kappa shape index (κ3) is 2.63. The molecular formula is C17H14N2. The van der Waals surface area contributed by atoms with Crippen molar-refractivity contribution in [1.29, 1.82) is 0 Å². The van der Waals surface area contributed by atoms with Crippen molar-refractivity contribution < 1.29 is 0 Å². The van der Waals surface area contributed by atoms with Crippen LogP contribution in [0.4, 0.5) is 5.69 Å². The molecule has 0 radical (unpaired) electrons. The quantitative estimate of drug-likeness (QED) is 0.694. The zero-order chi connectivity index (χ0) is 13.1. The highest BCUT2D eigenvalue weighted by atomic mass is 14.7. The molecule has 0 saturated heterocycles. The van der Waals surface area contributed by atoms with E-state index in [9.17, 15) is 0 Å². The summed E-state index contributed by atoms with van der Waals surface area (Å²) in [5, 5.41) is 1.16. The highest BCUT2D eigenvalue weighted by molar-refractivity contribution is 5.80. The Bertz CT molecular complexity index is 728. The van der Waals surface area contributed by atoms with Gasteiger partial charge in [0.05, 0.1) is 11.2 Å². The number of pyridine rings is 1. The van der Waals surface area contributed by atoms with Crippen molar-refractivity contribution in [2.24, 2.45) is 0 Å². The van der Waals surface area contributed by atoms with Crippen LogP contribution < -0.4 is 5.73 Å². The van der Waals surface area contributed by atoms with Crippen molar-refractivity contribution in [3.05, 3.63) is 71.9 Å². The topological polar surface area (TPSA) is 38.9 Å². The largest absolute Gasteiger partial charge is 0.399 e. The number of rotatable bonds is 2. The van der Waals surface area contributed by atoms with Crippen LogP contribution in [0.15, 0.2) is 60.7 Å². The van der Waals surface area contributed by atoms with E-state index in [4.69, 9.17) is 5.73 Å². The van der Waals surface area contributed by atoms with Crippen molar-refractivity contribution in [1.82, 2.24) is 4.98 Å². The van der Waals surface area contributed by atoms with Gasteiger partial charge in [-0.1, -0.05) is 42.5 Å².